The summed E-state index contributed by atoms with van der Waals surface area (Å²) in [5.41, 5.74) is -0.163. The molecule has 2 N–H and O–H groups in total. The van der Waals surface area contributed by atoms with Crippen molar-refractivity contribution in [3.05, 3.63) is 0 Å². The second-order valence-electron chi connectivity index (χ2n) is 5.13. The van der Waals surface area contributed by atoms with Crippen molar-refractivity contribution in [1.82, 2.24) is 10.6 Å². The molecule has 1 rings (SSSR count). The lowest BCUT2D eigenvalue weighted by Crippen LogP contribution is -2.44. The lowest BCUT2D eigenvalue weighted by atomic mass is 9.82. The number of nitrogens with one attached hydrogen (secondary N) is 2. The fraction of sp³-hybridized carbons (Fsp3) is 0.923. The van der Waals surface area contributed by atoms with E-state index in [2.05, 4.69) is 17.6 Å². The molecule has 0 aromatic carbocycles. The van der Waals surface area contributed by atoms with Crippen LogP contribution >= 0.6 is 0 Å². The first-order valence-electron chi connectivity index (χ1n) is 6.59. The topological polar surface area (TPSA) is 50.4 Å². The lowest BCUT2D eigenvalue weighted by molar-refractivity contribution is -0.132. The standard InChI is InChI=1S/C13H26N2O2/c1-11(14-2)10-15-12(16)13(8-9-17-3)6-4-5-7-13/h11,14H,4-10H2,1-3H3,(H,15,16). The number of carbonyl (C=O) groups excluding carboxylic acids is 1. The molecule has 17 heavy (non-hydrogen) atoms. The van der Waals surface area contributed by atoms with E-state index in [0.717, 1.165) is 19.3 Å². The van der Waals surface area contributed by atoms with Crippen LogP contribution in [0.15, 0.2) is 0 Å². The highest BCUT2D eigenvalue weighted by Crippen LogP contribution is 2.41. The van der Waals surface area contributed by atoms with Crippen molar-refractivity contribution < 1.29 is 9.53 Å². The third-order valence-electron chi connectivity index (χ3n) is 3.89. The Morgan fingerprint density at radius 2 is 2.06 bits per heavy atom. The highest BCUT2D eigenvalue weighted by atomic mass is 16.5. The van der Waals surface area contributed by atoms with Crippen molar-refractivity contribution in [3.63, 3.8) is 0 Å². The second-order valence-corrected chi connectivity index (χ2v) is 5.13. The predicted molar refractivity (Wildman–Crippen MR) is 68.9 cm³/mol. The van der Waals surface area contributed by atoms with E-state index in [4.69, 9.17) is 4.74 Å². The van der Waals surface area contributed by atoms with E-state index in [1.165, 1.54) is 12.8 Å². The van der Waals surface area contributed by atoms with Gasteiger partial charge in [-0.3, -0.25) is 4.79 Å². The van der Waals surface area contributed by atoms with Crippen LogP contribution in [0.25, 0.3) is 0 Å². The van der Waals surface area contributed by atoms with Gasteiger partial charge in [0.15, 0.2) is 0 Å². The van der Waals surface area contributed by atoms with Crippen molar-refractivity contribution in [1.29, 1.82) is 0 Å². The molecule has 1 aliphatic rings. The number of hydrogen-bond acceptors (Lipinski definition) is 3. The van der Waals surface area contributed by atoms with E-state index >= 15 is 0 Å². The molecule has 0 spiro atoms. The molecule has 0 aromatic rings. The van der Waals surface area contributed by atoms with Crippen molar-refractivity contribution in [3.8, 4) is 0 Å². The van der Waals surface area contributed by atoms with Crippen LogP contribution in [0.5, 0.6) is 0 Å². The molecule has 0 saturated heterocycles. The molecule has 1 aliphatic carbocycles. The number of likely N-dealkylation sites (N-methyl/N-ethyl adjacent to an activating group) is 1. The SMILES string of the molecule is CNC(C)CNC(=O)C1(CCOC)CCCC1. The maximum atomic E-state index is 12.3. The summed E-state index contributed by atoms with van der Waals surface area (Å²) in [6.07, 6.45) is 5.20. The lowest BCUT2D eigenvalue weighted by Gasteiger charge is -2.28. The van der Waals surface area contributed by atoms with Gasteiger partial charge in [0.1, 0.15) is 0 Å². The van der Waals surface area contributed by atoms with Gasteiger partial charge in [-0.05, 0) is 33.2 Å². The van der Waals surface area contributed by atoms with Gasteiger partial charge in [0.25, 0.3) is 0 Å². The number of rotatable bonds is 7. The zero-order valence-electron chi connectivity index (χ0n) is 11.3. The first-order valence-corrected chi connectivity index (χ1v) is 6.59. The molecule has 1 amide bonds. The molecule has 1 saturated carbocycles. The molecule has 1 unspecified atom stereocenters. The summed E-state index contributed by atoms with van der Waals surface area (Å²) in [5, 5.41) is 6.20. The van der Waals surface area contributed by atoms with Crippen LogP contribution in [0.2, 0.25) is 0 Å². The zero-order chi connectivity index (χ0) is 12.7. The van der Waals surface area contributed by atoms with Gasteiger partial charge in [0, 0.05) is 26.3 Å². The monoisotopic (exact) mass is 242 g/mol. The molecule has 0 heterocycles. The van der Waals surface area contributed by atoms with Gasteiger partial charge in [-0.25, -0.2) is 0 Å². The van der Waals surface area contributed by atoms with Gasteiger partial charge >= 0.3 is 0 Å². The quantitative estimate of drug-likeness (QED) is 0.707. The Hall–Kier alpha value is -0.610. The summed E-state index contributed by atoms with van der Waals surface area (Å²) in [4.78, 5) is 12.3. The van der Waals surface area contributed by atoms with Crippen LogP contribution in [0, 0.1) is 5.41 Å². The first kappa shape index (κ1) is 14.5. The van der Waals surface area contributed by atoms with E-state index in [1.807, 2.05) is 7.05 Å². The predicted octanol–water partition coefficient (Wildman–Crippen LogP) is 1.31. The van der Waals surface area contributed by atoms with Crippen LogP contribution in [-0.2, 0) is 9.53 Å². The van der Waals surface area contributed by atoms with E-state index in [1.54, 1.807) is 7.11 Å². The van der Waals surface area contributed by atoms with E-state index in [9.17, 15) is 4.79 Å². The van der Waals surface area contributed by atoms with Crippen molar-refractivity contribution >= 4 is 5.91 Å². The van der Waals surface area contributed by atoms with Crippen LogP contribution in [0.1, 0.15) is 39.0 Å². The third-order valence-corrected chi connectivity index (χ3v) is 3.89. The van der Waals surface area contributed by atoms with Gasteiger partial charge < -0.3 is 15.4 Å². The van der Waals surface area contributed by atoms with E-state index in [0.29, 0.717) is 19.2 Å². The highest BCUT2D eigenvalue weighted by molar-refractivity contribution is 5.82. The van der Waals surface area contributed by atoms with Crippen LogP contribution in [0.3, 0.4) is 0 Å². The molecule has 4 heteroatoms. The van der Waals surface area contributed by atoms with Gasteiger partial charge in [0.2, 0.25) is 5.91 Å². The molecule has 4 nitrogen and oxygen atoms in total. The van der Waals surface area contributed by atoms with Crippen molar-refractivity contribution in [2.75, 3.05) is 27.3 Å². The number of amides is 1. The third kappa shape index (κ3) is 3.96. The van der Waals surface area contributed by atoms with E-state index < -0.39 is 0 Å². The summed E-state index contributed by atoms with van der Waals surface area (Å²) in [5.74, 6) is 0.217. The Balaban J connectivity index is 2.48. The molecule has 1 atom stereocenters. The van der Waals surface area contributed by atoms with Crippen LogP contribution < -0.4 is 10.6 Å². The number of ether oxygens (including phenoxy) is 1. The molecule has 0 bridgehead atoms. The van der Waals surface area contributed by atoms with Gasteiger partial charge in [0.05, 0.1) is 5.41 Å². The second kappa shape index (κ2) is 6.97. The fourth-order valence-electron chi connectivity index (χ4n) is 2.48. The normalized spacial score (nSPS) is 20.2. The summed E-state index contributed by atoms with van der Waals surface area (Å²) in [7, 11) is 3.61. The van der Waals surface area contributed by atoms with Gasteiger partial charge in [-0.1, -0.05) is 12.8 Å². The molecule has 1 fully saturated rings. The smallest absolute Gasteiger partial charge is 0.226 e. The number of methoxy groups -OCH3 is 1. The number of hydrogen-bond donors (Lipinski definition) is 2. The van der Waals surface area contributed by atoms with Crippen molar-refractivity contribution in [2.24, 2.45) is 5.41 Å². The minimum Gasteiger partial charge on any atom is -0.385 e. The Morgan fingerprint density at radius 1 is 1.41 bits per heavy atom. The highest BCUT2D eigenvalue weighted by Gasteiger charge is 2.40. The van der Waals surface area contributed by atoms with Crippen LogP contribution in [0.4, 0.5) is 0 Å². The Kier molecular flexibility index (Phi) is 5.92. The first-order chi connectivity index (χ1) is 8.14. The summed E-state index contributed by atoms with van der Waals surface area (Å²) < 4.78 is 5.13. The van der Waals surface area contributed by atoms with Gasteiger partial charge in [-0.15, -0.1) is 0 Å². The average molecular weight is 242 g/mol. The maximum Gasteiger partial charge on any atom is 0.226 e. The Bertz CT molecular complexity index is 238. The molecule has 100 valence electrons. The largest absolute Gasteiger partial charge is 0.385 e. The Morgan fingerprint density at radius 3 is 2.59 bits per heavy atom. The molecular formula is C13H26N2O2. The minimum absolute atomic E-state index is 0.163. The Labute approximate surface area is 104 Å². The summed E-state index contributed by atoms with van der Waals surface area (Å²) in [6, 6.07) is 0.319. The average Bonchev–Trinajstić information content (AvgIpc) is 2.82. The fourth-order valence-corrected chi connectivity index (χ4v) is 2.48. The van der Waals surface area contributed by atoms with E-state index in [-0.39, 0.29) is 11.3 Å². The zero-order valence-corrected chi connectivity index (χ0v) is 11.3. The molecule has 0 aliphatic heterocycles. The molecule has 0 aromatic heterocycles. The van der Waals surface area contributed by atoms with Crippen LogP contribution in [-0.4, -0.2) is 39.3 Å². The minimum atomic E-state index is -0.163. The molecule has 0 radical (unpaired) electrons. The maximum absolute atomic E-state index is 12.3. The molecular weight excluding hydrogens is 216 g/mol. The summed E-state index contributed by atoms with van der Waals surface area (Å²) in [6.45, 7) is 3.44. The summed E-state index contributed by atoms with van der Waals surface area (Å²) >= 11 is 0. The number of carbonyl (C=O) groups is 1. The van der Waals surface area contributed by atoms with Gasteiger partial charge in [-0.2, -0.15) is 0 Å². The van der Waals surface area contributed by atoms with Crippen molar-refractivity contribution in [2.45, 2.75) is 45.1 Å².